The van der Waals surface area contributed by atoms with Gasteiger partial charge in [0.15, 0.2) is 5.11 Å². The van der Waals surface area contributed by atoms with Gasteiger partial charge in [0.25, 0.3) is 0 Å². The van der Waals surface area contributed by atoms with Gasteiger partial charge in [-0.1, -0.05) is 55.8 Å². The van der Waals surface area contributed by atoms with E-state index in [1.54, 1.807) is 0 Å². The minimum Gasteiger partial charge on any atom is -0.356 e. The van der Waals surface area contributed by atoms with Crippen molar-refractivity contribution in [1.29, 1.82) is 0 Å². The van der Waals surface area contributed by atoms with E-state index in [2.05, 4.69) is 73.9 Å². The van der Waals surface area contributed by atoms with Crippen molar-refractivity contribution in [1.82, 2.24) is 5.32 Å². The minimum atomic E-state index is 0.247. The molecule has 2 N–H and O–H groups in total. The molecule has 2 nitrogen and oxygen atoms in total. The molecule has 0 aliphatic rings. The van der Waals surface area contributed by atoms with Gasteiger partial charge in [0.05, 0.1) is 6.04 Å². The molecule has 0 aliphatic heterocycles. The van der Waals surface area contributed by atoms with Crippen molar-refractivity contribution in [3.63, 3.8) is 0 Å². The second kappa shape index (κ2) is 7.95. The van der Waals surface area contributed by atoms with Gasteiger partial charge in [-0.05, 0) is 55.2 Å². The number of benzene rings is 2. The Balaban J connectivity index is 2.07. The maximum Gasteiger partial charge on any atom is 0.171 e. The van der Waals surface area contributed by atoms with Crippen molar-refractivity contribution in [2.24, 2.45) is 0 Å². The van der Waals surface area contributed by atoms with Gasteiger partial charge in [0, 0.05) is 5.69 Å². The molecule has 2 aromatic rings. The Labute approximate surface area is 139 Å². The molecular formula is C19H24N2S. The molecule has 0 aliphatic carbocycles. The van der Waals surface area contributed by atoms with Crippen LogP contribution in [0.5, 0.6) is 0 Å². The van der Waals surface area contributed by atoms with Crippen molar-refractivity contribution in [2.45, 2.75) is 39.7 Å². The summed E-state index contributed by atoms with van der Waals surface area (Å²) >= 11 is 5.51. The van der Waals surface area contributed by atoms with E-state index in [1.165, 1.54) is 16.7 Å². The monoisotopic (exact) mass is 312 g/mol. The summed E-state index contributed by atoms with van der Waals surface area (Å²) in [5.74, 6) is 0. The summed E-state index contributed by atoms with van der Waals surface area (Å²) in [6, 6.07) is 17.1. The van der Waals surface area contributed by atoms with Gasteiger partial charge in [-0.15, -0.1) is 0 Å². The molecular weight excluding hydrogens is 288 g/mol. The highest BCUT2D eigenvalue weighted by Gasteiger charge is 2.12. The highest BCUT2D eigenvalue weighted by molar-refractivity contribution is 7.80. The highest BCUT2D eigenvalue weighted by Crippen LogP contribution is 2.20. The molecule has 0 saturated carbocycles. The zero-order valence-corrected chi connectivity index (χ0v) is 14.3. The molecule has 116 valence electrons. The lowest BCUT2D eigenvalue weighted by Crippen LogP contribution is -2.32. The SMILES string of the molecule is CCC[C@H](NC(=S)Nc1cc(C)ccc1C)c1ccccc1. The van der Waals surface area contributed by atoms with Crippen LogP contribution in [0, 0.1) is 13.8 Å². The van der Waals surface area contributed by atoms with Crippen LogP contribution in [0.4, 0.5) is 5.69 Å². The smallest absolute Gasteiger partial charge is 0.171 e. The average molecular weight is 312 g/mol. The highest BCUT2D eigenvalue weighted by atomic mass is 32.1. The zero-order chi connectivity index (χ0) is 15.9. The lowest BCUT2D eigenvalue weighted by molar-refractivity contribution is 0.584. The first kappa shape index (κ1) is 16.5. The van der Waals surface area contributed by atoms with Gasteiger partial charge in [0.2, 0.25) is 0 Å². The second-order valence-corrected chi connectivity index (χ2v) is 6.08. The van der Waals surface area contributed by atoms with E-state index in [4.69, 9.17) is 12.2 Å². The predicted octanol–water partition coefficient (Wildman–Crippen LogP) is 5.13. The lowest BCUT2D eigenvalue weighted by Gasteiger charge is -2.21. The molecule has 0 radical (unpaired) electrons. The molecule has 3 heteroatoms. The average Bonchev–Trinajstić information content (AvgIpc) is 2.51. The van der Waals surface area contributed by atoms with Crippen LogP contribution in [0.3, 0.4) is 0 Å². The van der Waals surface area contributed by atoms with Gasteiger partial charge >= 0.3 is 0 Å². The van der Waals surface area contributed by atoms with E-state index >= 15 is 0 Å². The number of aryl methyl sites for hydroxylation is 2. The molecule has 0 bridgehead atoms. The first-order chi connectivity index (χ1) is 10.6. The predicted molar refractivity (Wildman–Crippen MR) is 99.4 cm³/mol. The normalized spacial score (nSPS) is 11.8. The first-order valence-electron chi connectivity index (χ1n) is 7.80. The number of nitrogens with one attached hydrogen (secondary N) is 2. The second-order valence-electron chi connectivity index (χ2n) is 5.67. The van der Waals surface area contributed by atoms with E-state index in [1.807, 2.05) is 6.07 Å². The van der Waals surface area contributed by atoms with Gasteiger partial charge in [-0.3, -0.25) is 0 Å². The van der Waals surface area contributed by atoms with Crippen molar-refractivity contribution in [2.75, 3.05) is 5.32 Å². The Morgan fingerprint density at radius 3 is 2.50 bits per heavy atom. The van der Waals surface area contributed by atoms with E-state index in [0.29, 0.717) is 5.11 Å². The van der Waals surface area contributed by atoms with E-state index in [0.717, 1.165) is 18.5 Å². The fourth-order valence-corrected chi connectivity index (χ4v) is 2.74. The minimum absolute atomic E-state index is 0.247. The Hall–Kier alpha value is -1.87. The number of anilines is 1. The molecule has 2 rings (SSSR count). The first-order valence-corrected chi connectivity index (χ1v) is 8.20. The molecule has 22 heavy (non-hydrogen) atoms. The standard InChI is InChI=1S/C19H24N2S/c1-4-8-17(16-9-6-5-7-10-16)20-19(22)21-18-13-14(2)11-12-15(18)3/h5-7,9-13,17H,4,8H2,1-3H3,(H2,20,21,22)/t17-/m0/s1. The summed E-state index contributed by atoms with van der Waals surface area (Å²) in [4.78, 5) is 0. The van der Waals surface area contributed by atoms with Crippen molar-refractivity contribution in [3.8, 4) is 0 Å². The Morgan fingerprint density at radius 1 is 1.09 bits per heavy atom. The van der Waals surface area contributed by atoms with Crippen molar-refractivity contribution in [3.05, 3.63) is 65.2 Å². The largest absolute Gasteiger partial charge is 0.356 e. The third kappa shape index (κ3) is 4.57. The molecule has 0 heterocycles. The number of rotatable bonds is 5. The summed E-state index contributed by atoms with van der Waals surface area (Å²) < 4.78 is 0. The van der Waals surface area contributed by atoms with E-state index in [-0.39, 0.29) is 6.04 Å². The summed E-state index contributed by atoms with van der Waals surface area (Å²) in [5, 5.41) is 7.46. The van der Waals surface area contributed by atoms with Crippen molar-refractivity contribution < 1.29 is 0 Å². The molecule has 0 spiro atoms. The van der Waals surface area contributed by atoms with Gasteiger partial charge < -0.3 is 10.6 Å². The molecule has 0 saturated heterocycles. The van der Waals surface area contributed by atoms with E-state index < -0.39 is 0 Å². The fourth-order valence-electron chi connectivity index (χ4n) is 2.48. The Morgan fingerprint density at radius 2 is 1.82 bits per heavy atom. The van der Waals surface area contributed by atoms with Crippen LogP contribution in [0.25, 0.3) is 0 Å². The van der Waals surface area contributed by atoms with Crippen LogP contribution in [-0.4, -0.2) is 5.11 Å². The summed E-state index contributed by atoms with van der Waals surface area (Å²) in [7, 11) is 0. The molecule has 0 fully saturated rings. The van der Waals surface area contributed by atoms with Crippen LogP contribution in [0.2, 0.25) is 0 Å². The quantitative estimate of drug-likeness (QED) is 0.748. The molecule has 0 amide bonds. The van der Waals surface area contributed by atoms with Crippen LogP contribution in [-0.2, 0) is 0 Å². The third-order valence-electron chi connectivity index (χ3n) is 3.73. The van der Waals surface area contributed by atoms with Gasteiger partial charge in [-0.2, -0.15) is 0 Å². The van der Waals surface area contributed by atoms with Crippen molar-refractivity contribution >= 4 is 23.0 Å². The lowest BCUT2D eigenvalue weighted by atomic mass is 10.0. The Bertz CT molecular complexity index is 623. The molecule has 0 aromatic heterocycles. The van der Waals surface area contributed by atoms with Crippen LogP contribution < -0.4 is 10.6 Å². The van der Waals surface area contributed by atoms with Gasteiger partial charge in [-0.25, -0.2) is 0 Å². The van der Waals surface area contributed by atoms with E-state index in [9.17, 15) is 0 Å². The van der Waals surface area contributed by atoms with Crippen LogP contribution >= 0.6 is 12.2 Å². The Kier molecular flexibility index (Phi) is 5.96. The number of hydrogen-bond donors (Lipinski definition) is 2. The number of thiocarbonyl (C=S) groups is 1. The fraction of sp³-hybridized carbons (Fsp3) is 0.316. The zero-order valence-electron chi connectivity index (χ0n) is 13.5. The van der Waals surface area contributed by atoms with Crippen LogP contribution in [0.1, 0.15) is 42.5 Å². The molecule has 0 unspecified atom stereocenters. The summed E-state index contributed by atoms with van der Waals surface area (Å²) in [6.07, 6.45) is 2.16. The molecule has 1 atom stereocenters. The van der Waals surface area contributed by atoms with Gasteiger partial charge in [0.1, 0.15) is 0 Å². The summed E-state index contributed by atoms with van der Waals surface area (Å²) in [5.41, 5.74) is 4.76. The summed E-state index contributed by atoms with van der Waals surface area (Å²) in [6.45, 7) is 6.37. The molecule has 2 aromatic carbocycles. The van der Waals surface area contributed by atoms with Crippen LogP contribution in [0.15, 0.2) is 48.5 Å². The maximum absolute atomic E-state index is 5.51. The third-order valence-corrected chi connectivity index (χ3v) is 3.95. The number of hydrogen-bond acceptors (Lipinski definition) is 1. The topological polar surface area (TPSA) is 24.1 Å². The maximum atomic E-state index is 5.51.